The average Bonchev–Trinajstić information content (AvgIpc) is 2.59. The molecule has 128 valence electrons. The minimum absolute atomic E-state index is 0.842. The first-order valence-corrected chi connectivity index (χ1v) is 10.0. The molecule has 0 N–H and O–H groups in total. The zero-order chi connectivity index (χ0) is 16.3. The van der Waals surface area contributed by atoms with Crippen molar-refractivity contribution in [2.75, 3.05) is 0 Å². The second kappa shape index (κ2) is 10.7. The van der Waals surface area contributed by atoms with E-state index in [0.29, 0.717) is 0 Å². The summed E-state index contributed by atoms with van der Waals surface area (Å²) in [6.07, 6.45) is 25.3. The van der Waals surface area contributed by atoms with Crippen molar-refractivity contribution in [3.63, 3.8) is 0 Å². The van der Waals surface area contributed by atoms with Crippen LogP contribution in [0.5, 0.6) is 0 Å². The highest BCUT2D eigenvalue weighted by Crippen LogP contribution is 2.35. The van der Waals surface area contributed by atoms with E-state index in [1.54, 1.807) is 6.08 Å². The molecule has 0 saturated heterocycles. The molecular weight excluding hydrogens is 278 g/mol. The van der Waals surface area contributed by atoms with Gasteiger partial charge in [0, 0.05) is 6.08 Å². The molecule has 0 atom stereocenters. The molecule has 0 unspecified atom stereocenters. The molecule has 2 fully saturated rings. The van der Waals surface area contributed by atoms with Gasteiger partial charge in [0.05, 0.1) is 6.07 Å². The first kappa shape index (κ1) is 18.3. The summed E-state index contributed by atoms with van der Waals surface area (Å²) in [5.41, 5.74) is 0. The summed E-state index contributed by atoms with van der Waals surface area (Å²) in [6.45, 7) is 2.32. The number of hydrogen-bond donors (Lipinski definition) is 0. The number of nitriles is 1. The van der Waals surface area contributed by atoms with Crippen LogP contribution in [0.25, 0.3) is 0 Å². The summed E-state index contributed by atoms with van der Waals surface area (Å²) in [6, 6.07) is 2.08. The van der Waals surface area contributed by atoms with Crippen molar-refractivity contribution in [2.45, 2.75) is 84.0 Å². The normalized spacial score (nSPS) is 32.3. The molecule has 23 heavy (non-hydrogen) atoms. The predicted molar refractivity (Wildman–Crippen MR) is 98.9 cm³/mol. The van der Waals surface area contributed by atoms with Gasteiger partial charge in [0.2, 0.25) is 0 Å². The summed E-state index contributed by atoms with van der Waals surface area (Å²) < 4.78 is 0. The highest BCUT2D eigenvalue weighted by atomic mass is 14.3. The minimum Gasteiger partial charge on any atom is -0.193 e. The lowest BCUT2D eigenvalue weighted by Crippen LogP contribution is -2.15. The Morgan fingerprint density at radius 2 is 1.35 bits per heavy atom. The third kappa shape index (κ3) is 6.94. The molecule has 0 heterocycles. The molecule has 2 aliphatic rings. The van der Waals surface area contributed by atoms with Gasteiger partial charge in [-0.2, -0.15) is 5.26 Å². The fourth-order valence-electron chi connectivity index (χ4n) is 4.53. The van der Waals surface area contributed by atoms with Gasteiger partial charge in [-0.05, 0) is 87.9 Å². The molecule has 0 aromatic rings. The van der Waals surface area contributed by atoms with Crippen LogP contribution >= 0.6 is 0 Å². The Labute approximate surface area is 143 Å². The van der Waals surface area contributed by atoms with Gasteiger partial charge < -0.3 is 0 Å². The number of nitrogens with zero attached hydrogens (tertiary/aromatic N) is 1. The van der Waals surface area contributed by atoms with Crippen LogP contribution in [0.2, 0.25) is 0 Å². The summed E-state index contributed by atoms with van der Waals surface area (Å²) >= 11 is 0. The third-order valence-electron chi connectivity index (χ3n) is 6.07. The van der Waals surface area contributed by atoms with E-state index in [-0.39, 0.29) is 0 Å². The van der Waals surface area contributed by atoms with E-state index in [4.69, 9.17) is 5.26 Å². The van der Waals surface area contributed by atoms with E-state index in [0.717, 1.165) is 30.1 Å². The van der Waals surface area contributed by atoms with Crippen molar-refractivity contribution in [1.82, 2.24) is 0 Å². The Balaban J connectivity index is 1.61. The Morgan fingerprint density at radius 3 is 1.83 bits per heavy atom. The maximum atomic E-state index is 8.50. The molecule has 1 heteroatoms. The van der Waals surface area contributed by atoms with Crippen LogP contribution in [0.3, 0.4) is 0 Å². The number of rotatable bonds is 7. The zero-order valence-electron chi connectivity index (χ0n) is 15.1. The molecule has 0 aromatic heterocycles. The number of allylic oxidation sites excluding steroid dienone is 4. The van der Waals surface area contributed by atoms with Gasteiger partial charge in [0.1, 0.15) is 0 Å². The average molecular weight is 314 g/mol. The topological polar surface area (TPSA) is 23.8 Å². The smallest absolute Gasteiger partial charge is 0.0908 e. The minimum atomic E-state index is 0.842. The Bertz CT molecular complexity index is 398. The van der Waals surface area contributed by atoms with Gasteiger partial charge in [0.25, 0.3) is 0 Å². The van der Waals surface area contributed by atoms with Gasteiger partial charge in [-0.25, -0.2) is 0 Å². The molecule has 0 aromatic carbocycles. The van der Waals surface area contributed by atoms with Gasteiger partial charge >= 0.3 is 0 Å². The van der Waals surface area contributed by atoms with E-state index in [1.807, 2.05) is 6.08 Å². The lowest BCUT2D eigenvalue weighted by Gasteiger charge is -2.28. The fraction of sp³-hybridized carbons (Fsp3) is 0.773. The lowest BCUT2D eigenvalue weighted by atomic mass is 9.77. The van der Waals surface area contributed by atoms with Crippen LogP contribution in [-0.4, -0.2) is 0 Å². The summed E-state index contributed by atoms with van der Waals surface area (Å²) in [4.78, 5) is 0. The van der Waals surface area contributed by atoms with Crippen molar-refractivity contribution in [3.8, 4) is 6.07 Å². The summed E-state index contributed by atoms with van der Waals surface area (Å²) in [5, 5.41) is 8.50. The number of hydrogen-bond acceptors (Lipinski definition) is 1. The second-order valence-corrected chi connectivity index (χ2v) is 7.84. The van der Waals surface area contributed by atoms with Gasteiger partial charge in [0.15, 0.2) is 0 Å². The Kier molecular flexibility index (Phi) is 8.51. The quantitative estimate of drug-likeness (QED) is 0.374. The molecule has 2 saturated carbocycles. The summed E-state index contributed by atoms with van der Waals surface area (Å²) in [7, 11) is 0. The first-order valence-electron chi connectivity index (χ1n) is 10.0. The van der Waals surface area contributed by atoms with Crippen molar-refractivity contribution in [2.24, 2.45) is 23.7 Å². The van der Waals surface area contributed by atoms with Crippen LogP contribution in [0, 0.1) is 35.0 Å². The van der Waals surface area contributed by atoms with Crippen LogP contribution in [0.15, 0.2) is 24.3 Å². The molecule has 2 aliphatic carbocycles. The Morgan fingerprint density at radius 1 is 0.826 bits per heavy atom. The molecular formula is C22H35N. The highest BCUT2D eigenvalue weighted by Gasteiger charge is 2.21. The van der Waals surface area contributed by atoms with Crippen molar-refractivity contribution < 1.29 is 0 Å². The highest BCUT2D eigenvalue weighted by molar-refractivity contribution is 5.01. The lowest BCUT2D eigenvalue weighted by molar-refractivity contribution is 0.286. The maximum Gasteiger partial charge on any atom is 0.0908 e. The first-order chi connectivity index (χ1) is 11.3. The van der Waals surface area contributed by atoms with Crippen LogP contribution in [0.4, 0.5) is 0 Å². The maximum absolute atomic E-state index is 8.50. The molecule has 0 aliphatic heterocycles. The van der Waals surface area contributed by atoms with Crippen LogP contribution < -0.4 is 0 Å². The van der Waals surface area contributed by atoms with Crippen molar-refractivity contribution >= 4 is 0 Å². The second-order valence-electron chi connectivity index (χ2n) is 7.84. The molecule has 0 spiro atoms. The monoisotopic (exact) mass is 313 g/mol. The fourth-order valence-corrected chi connectivity index (χ4v) is 4.53. The van der Waals surface area contributed by atoms with Gasteiger partial charge in [-0.3, -0.25) is 0 Å². The molecule has 2 rings (SSSR count). The largest absolute Gasteiger partial charge is 0.193 e. The van der Waals surface area contributed by atoms with E-state index in [9.17, 15) is 0 Å². The molecule has 0 amide bonds. The van der Waals surface area contributed by atoms with E-state index in [2.05, 4.69) is 25.1 Å². The third-order valence-corrected chi connectivity index (χ3v) is 6.07. The Hall–Kier alpha value is -1.03. The molecule has 1 nitrogen and oxygen atoms in total. The van der Waals surface area contributed by atoms with Crippen LogP contribution in [0.1, 0.15) is 84.0 Å². The zero-order valence-corrected chi connectivity index (χ0v) is 15.1. The van der Waals surface area contributed by atoms with E-state index >= 15 is 0 Å². The SMILES string of the molecule is CCC[C@H]1CC[C@H](C=C[C@H]2CC[C@H](CCC=CC#N)CC2)CC1. The van der Waals surface area contributed by atoms with Crippen molar-refractivity contribution in [1.29, 1.82) is 5.26 Å². The predicted octanol–water partition coefficient (Wildman–Crippen LogP) is 6.82. The van der Waals surface area contributed by atoms with E-state index in [1.165, 1.54) is 70.6 Å². The van der Waals surface area contributed by atoms with E-state index < -0.39 is 0 Å². The van der Waals surface area contributed by atoms with Crippen LogP contribution in [-0.2, 0) is 0 Å². The summed E-state index contributed by atoms with van der Waals surface area (Å²) in [5.74, 6) is 3.63. The standard InChI is InChI=1S/C22H35N/c1-2-6-19-8-12-21(13-9-19)16-17-22-14-10-20(11-15-22)7-4-3-5-18-23/h3,5,16-17,19-22H,2,4,6-15H2,1H3/t19-,20-,21-,22-. The van der Waals surface area contributed by atoms with Crippen molar-refractivity contribution in [3.05, 3.63) is 24.3 Å². The van der Waals surface area contributed by atoms with Gasteiger partial charge in [-0.15, -0.1) is 0 Å². The molecule has 0 radical (unpaired) electrons. The van der Waals surface area contributed by atoms with Gasteiger partial charge in [-0.1, -0.05) is 38.0 Å². The molecule has 0 bridgehead atoms.